The highest BCUT2D eigenvalue weighted by Crippen LogP contribution is 2.46. The van der Waals surface area contributed by atoms with Crippen molar-refractivity contribution in [1.29, 1.82) is 0 Å². The third kappa shape index (κ3) is 4.82. The van der Waals surface area contributed by atoms with Gasteiger partial charge in [0.2, 0.25) is 5.91 Å². The predicted octanol–water partition coefficient (Wildman–Crippen LogP) is 6.46. The van der Waals surface area contributed by atoms with E-state index < -0.39 is 23.7 Å². The van der Waals surface area contributed by atoms with Crippen LogP contribution in [-0.4, -0.2) is 36.8 Å². The Bertz CT molecular complexity index is 1500. The van der Waals surface area contributed by atoms with Crippen molar-refractivity contribution in [2.24, 2.45) is 5.92 Å². The van der Waals surface area contributed by atoms with E-state index in [1.807, 2.05) is 6.92 Å². The van der Waals surface area contributed by atoms with E-state index in [4.69, 9.17) is 55.9 Å². The minimum absolute atomic E-state index is 0.0251. The van der Waals surface area contributed by atoms with E-state index in [0.717, 1.165) is 4.90 Å². The van der Waals surface area contributed by atoms with Gasteiger partial charge in [-0.3, -0.25) is 19.2 Å². The highest BCUT2D eigenvalue weighted by molar-refractivity contribution is 6.56. The zero-order valence-electron chi connectivity index (χ0n) is 20.2. The first-order valence-corrected chi connectivity index (χ1v) is 13.2. The SMILES string of the molecule is CCOc1ccc(N2C[C@H](C(=O)Oc3cccc(N4C(=O)c5c(Cl)c(Cl)c(Cl)c(Cl)c5C4=O)c3)CC2=O)cc1. The average Bonchev–Trinajstić information content (AvgIpc) is 3.43. The maximum absolute atomic E-state index is 13.2. The second-order valence-electron chi connectivity index (χ2n) is 8.70. The molecule has 1 fully saturated rings. The smallest absolute Gasteiger partial charge is 0.316 e. The number of ether oxygens (including phenoxy) is 2. The highest BCUT2D eigenvalue weighted by atomic mass is 35.5. The molecule has 0 saturated carbocycles. The molecule has 3 aromatic carbocycles. The molecule has 0 radical (unpaired) electrons. The van der Waals surface area contributed by atoms with Crippen molar-refractivity contribution in [2.45, 2.75) is 13.3 Å². The number of carbonyl (C=O) groups excluding carboxylic acids is 4. The molecule has 2 heterocycles. The van der Waals surface area contributed by atoms with Crippen molar-refractivity contribution in [3.05, 3.63) is 79.7 Å². The monoisotopic (exact) mass is 606 g/mol. The van der Waals surface area contributed by atoms with Gasteiger partial charge in [0.05, 0.1) is 49.4 Å². The molecule has 1 saturated heterocycles. The first kappa shape index (κ1) is 27.3. The van der Waals surface area contributed by atoms with Crippen molar-refractivity contribution in [2.75, 3.05) is 23.0 Å². The highest BCUT2D eigenvalue weighted by Gasteiger charge is 2.43. The quantitative estimate of drug-likeness (QED) is 0.105. The molecule has 3 aromatic rings. The third-order valence-corrected chi connectivity index (χ3v) is 8.12. The molecule has 2 aliphatic heterocycles. The maximum Gasteiger partial charge on any atom is 0.316 e. The van der Waals surface area contributed by atoms with Crippen LogP contribution in [0.5, 0.6) is 11.5 Å². The van der Waals surface area contributed by atoms with Crippen LogP contribution >= 0.6 is 46.4 Å². The first-order valence-electron chi connectivity index (χ1n) is 11.7. The number of nitrogens with zero attached hydrogens (tertiary/aromatic N) is 2. The second kappa shape index (κ2) is 10.7. The van der Waals surface area contributed by atoms with Gasteiger partial charge in [-0.25, -0.2) is 4.90 Å². The Hall–Kier alpha value is -3.30. The van der Waals surface area contributed by atoms with Crippen LogP contribution in [0.15, 0.2) is 48.5 Å². The predicted molar refractivity (Wildman–Crippen MR) is 148 cm³/mol. The molecule has 5 rings (SSSR count). The minimum Gasteiger partial charge on any atom is -0.494 e. The Balaban J connectivity index is 1.33. The van der Waals surface area contributed by atoms with Crippen LogP contribution in [0.3, 0.4) is 0 Å². The summed E-state index contributed by atoms with van der Waals surface area (Å²) in [5, 5.41) is -0.656. The normalized spacial score (nSPS) is 16.6. The van der Waals surface area contributed by atoms with Gasteiger partial charge in [-0.1, -0.05) is 52.5 Å². The summed E-state index contributed by atoms with van der Waals surface area (Å²) in [5.41, 5.74) is 0.429. The summed E-state index contributed by atoms with van der Waals surface area (Å²) in [7, 11) is 0. The lowest BCUT2D eigenvalue weighted by atomic mass is 10.1. The number of carbonyl (C=O) groups is 4. The van der Waals surface area contributed by atoms with Gasteiger partial charge in [0.15, 0.2) is 0 Å². The van der Waals surface area contributed by atoms with Gasteiger partial charge < -0.3 is 14.4 Å². The molecule has 200 valence electrons. The summed E-state index contributed by atoms with van der Waals surface area (Å²) < 4.78 is 11.0. The fraction of sp³-hybridized carbons (Fsp3) is 0.185. The molecular formula is C27H18Cl4N2O6. The molecule has 0 spiro atoms. The first-order chi connectivity index (χ1) is 18.6. The van der Waals surface area contributed by atoms with Gasteiger partial charge in [-0.05, 0) is 43.3 Å². The van der Waals surface area contributed by atoms with Gasteiger partial charge in [0, 0.05) is 24.7 Å². The number of hydrogen-bond acceptors (Lipinski definition) is 6. The summed E-state index contributed by atoms with van der Waals surface area (Å²) in [6.07, 6.45) is -0.0251. The number of imide groups is 1. The fourth-order valence-electron chi connectivity index (χ4n) is 4.47. The van der Waals surface area contributed by atoms with E-state index in [1.165, 1.54) is 29.2 Å². The number of benzene rings is 3. The maximum atomic E-state index is 13.2. The number of rotatable bonds is 6. The van der Waals surface area contributed by atoms with Gasteiger partial charge in [0.25, 0.3) is 11.8 Å². The van der Waals surface area contributed by atoms with Crippen molar-refractivity contribution < 1.29 is 28.7 Å². The van der Waals surface area contributed by atoms with E-state index in [2.05, 4.69) is 0 Å². The number of fused-ring (bicyclic) bond motifs is 1. The van der Waals surface area contributed by atoms with Gasteiger partial charge in [-0.2, -0.15) is 0 Å². The van der Waals surface area contributed by atoms with E-state index in [1.54, 1.807) is 24.3 Å². The lowest BCUT2D eigenvalue weighted by molar-refractivity contribution is -0.139. The largest absolute Gasteiger partial charge is 0.494 e. The van der Waals surface area contributed by atoms with E-state index in [-0.39, 0.29) is 61.5 Å². The number of amides is 3. The van der Waals surface area contributed by atoms with Crippen LogP contribution in [0.1, 0.15) is 34.1 Å². The Kier molecular flexibility index (Phi) is 7.48. The van der Waals surface area contributed by atoms with Crippen LogP contribution in [-0.2, 0) is 9.59 Å². The molecule has 0 aliphatic carbocycles. The van der Waals surface area contributed by atoms with Crippen molar-refractivity contribution in [3.63, 3.8) is 0 Å². The number of halogens is 4. The van der Waals surface area contributed by atoms with Gasteiger partial charge in [-0.15, -0.1) is 0 Å². The Morgan fingerprint density at radius 3 is 2.05 bits per heavy atom. The molecule has 2 aliphatic rings. The van der Waals surface area contributed by atoms with Crippen LogP contribution in [0.2, 0.25) is 20.1 Å². The minimum atomic E-state index is -0.753. The summed E-state index contributed by atoms with van der Waals surface area (Å²) >= 11 is 24.6. The Morgan fingerprint density at radius 2 is 1.46 bits per heavy atom. The average molecular weight is 608 g/mol. The van der Waals surface area contributed by atoms with Crippen LogP contribution < -0.4 is 19.3 Å². The molecule has 1 atom stereocenters. The van der Waals surface area contributed by atoms with Crippen LogP contribution in [0.25, 0.3) is 0 Å². The van der Waals surface area contributed by atoms with Gasteiger partial charge >= 0.3 is 5.97 Å². The molecule has 8 nitrogen and oxygen atoms in total. The molecule has 12 heteroatoms. The lowest BCUT2D eigenvalue weighted by Gasteiger charge is -2.17. The second-order valence-corrected chi connectivity index (χ2v) is 10.2. The number of esters is 1. The molecule has 0 unspecified atom stereocenters. The number of anilines is 2. The zero-order valence-corrected chi connectivity index (χ0v) is 23.2. The summed E-state index contributed by atoms with van der Waals surface area (Å²) in [6.45, 7) is 2.54. The molecule has 39 heavy (non-hydrogen) atoms. The Labute approximate surface area is 242 Å². The van der Waals surface area contributed by atoms with Crippen LogP contribution in [0, 0.1) is 5.92 Å². The molecule has 0 bridgehead atoms. The zero-order chi connectivity index (χ0) is 28.0. The Morgan fingerprint density at radius 1 is 0.846 bits per heavy atom. The van der Waals surface area contributed by atoms with E-state index in [9.17, 15) is 19.2 Å². The van der Waals surface area contributed by atoms with Crippen LogP contribution in [0.4, 0.5) is 11.4 Å². The van der Waals surface area contributed by atoms with Crippen molar-refractivity contribution in [1.82, 2.24) is 0 Å². The van der Waals surface area contributed by atoms with E-state index in [0.29, 0.717) is 18.0 Å². The molecule has 0 aromatic heterocycles. The third-order valence-electron chi connectivity index (χ3n) is 6.31. The molecule has 0 N–H and O–H groups in total. The van der Waals surface area contributed by atoms with E-state index >= 15 is 0 Å². The van der Waals surface area contributed by atoms with Crippen molar-refractivity contribution in [3.8, 4) is 11.5 Å². The topological polar surface area (TPSA) is 93.2 Å². The van der Waals surface area contributed by atoms with Gasteiger partial charge in [0.1, 0.15) is 11.5 Å². The standard InChI is InChI=1S/C27H18Cl4N2O6/c1-2-38-16-8-6-14(7-9-16)32-12-13(10-18(32)34)27(37)39-17-5-3-4-15(11-17)33-25(35)19-20(26(33)36)22(29)24(31)23(30)21(19)28/h3-9,11,13H,2,10,12H2,1H3/t13-/m1/s1. The summed E-state index contributed by atoms with van der Waals surface area (Å²) in [4.78, 5) is 54.2. The molecular weight excluding hydrogens is 590 g/mol. The number of hydrogen-bond donors (Lipinski definition) is 0. The summed E-state index contributed by atoms with van der Waals surface area (Å²) in [6, 6.07) is 12.9. The molecule has 3 amide bonds. The summed E-state index contributed by atoms with van der Waals surface area (Å²) in [5.74, 6) is -2.30. The fourth-order valence-corrected chi connectivity index (χ4v) is 5.49. The van der Waals surface area contributed by atoms with Crippen molar-refractivity contribution >= 4 is 81.5 Å². The lowest BCUT2D eigenvalue weighted by Crippen LogP contribution is -2.29.